The van der Waals surface area contributed by atoms with Crippen LogP contribution in [0.5, 0.6) is 5.88 Å². The van der Waals surface area contributed by atoms with E-state index in [0.717, 1.165) is 35.1 Å². The van der Waals surface area contributed by atoms with Gasteiger partial charge in [0.1, 0.15) is 6.10 Å². The van der Waals surface area contributed by atoms with Gasteiger partial charge in [0.15, 0.2) is 0 Å². The Balaban J connectivity index is 1.85. The number of ether oxygens (including phenoxy) is 1. The van der Waals surface area contributed by atoms with Gasteiger partial charge in [-0.1, -0.05) is 32.0 Å². The van der Waals surface area contributed by atoms with E-state index in [-0.39, 0.29) is 6.10 Å². The first-order valence-electron chi connectivity index (χ1n) is 7.82. The van der Waals surface area contributed by atoms with E-state index in [1.165, 1.54) is 12.8 Å². The smallest absolute Gasteiger partial charge is 0.221 e. The first kappa shape index (κ1) is 14.3. The van der Waals surface area contributed by atoms with Crippen LogP contribution in [-0.4, -0.2) is 11.1 Å². The molecule has 0 saturated heterocycles. The number of pyridine rings is 1. The van der Waals surface area contributed by atoms with Gasteiger partial charge in [-0.15, -0.1) is 0 Å². The number of hydrogen-bond acceptors (Lipinski definition) is 3. The fourth-order valence-electron chi connectivity index (χ4n) is 3.13. The zero-order chi connectivity index (χ0) is 14.9. The summed E-state index contributed by atoms with van der Waals surface area (Å²) in [6.07, 6.45) is 6.80. The van der Waals surface area contributed by atoms with Gasteiger partial charge in [0.25, 0.3) is 0 Å². The second-order valence-electron chi connectivity index (χ2n) is 6.82. The maximum atomic E-state index is 6.21. The number of nitrogens with zero attached hydrogens (tertiary/aromatic N) is 1. The van der Waals surface area contributed by atoms with Gasteiger partial charge in [-0.3, -0.25) is 0 Å². The summed E-state index contributed by atoms with van der Waals surface area (Å²) in [6, 6.07) is 8.23. The quantitative estimate of drug-likeness (QED) is 0.925. The van der Waals surface area contributed by atoms with Crippen LogP contribution in [0, 0.1) is 5.41 Å². The van der Waals surface area contributed by atoms with Gasteiger partial charge in [-0.2, -0.15) is 0 Å². The molecule has 1 saturated carbocycles. The van der Waals surface area contributed by atoms with E-state index in [1.807, 2.05) is 18.3 Å². The number of hydrogen-bond donors (Lipinski definition) is 1. The SMILES string of the molecule is CC1(C)CCC(Oc2ncc(CN)c3ccccc23)CC1. The van der Waals surface area contributed by atoms with Crippen molar-refractivity contribution in [1.82, 2.24) is 4.98 Å². The Morgan fingerprint density at radius 3 is 2.52 bits per heavy atom. The number of aromatic nitrogens is 1. The molecule has 21 heavy (non-hydrogen) atoms. The molecule has 0 radical (unpaired) electrons. The van der Waals surface area contributed by atoms with Crippen LogP contribution in [0.4, 0.5) is 0 Å². The van der Waals surface area contributed by atoms with Gasteiger partial charge in [-0.05, 0) is 48.1 Å². The van der Waals surface area contributed by atoms with Gasteiger partial charge < -0.3 is 10.5 Å². The molecule has 3 nitrogen and oxygen atoms in total. The van der Waals surface area contributed by atoms with Crippen LogP contribution in [-0.2, 0) is 6.54 Å². The van der Waals surface area contributed by atoms with Gasteiger partial charge >= 0.3 is 0 Å². The molecule has 0 amide bonds. The third-order valence-electron chi connectivity index (χ3n) is 4.63. The minimum atomic E-state index is 0.289. The standard InChI is InChI=1S/C18H24N2O/c1-18(2)9-7-14(8-10-18)21-17-16-6-4-3-5-15(16)13(11-19)12-20-17/h3-6,12,14H,7-11,19H2,1-2H3. The summed E-state index contributed by atoms with van der Waals surface area (Å²) in [5.41, 5.74) is 7.33. The average molecular weight is 284 g/mol. The second-order valence-corrected chi connectivity index (χ2v) is 6.82. The molecule has 0 unspecified atom stereocenters. The lowest BCUT2D eigenvalue weighted by molar-refractivity contribution is 0.0963. The van der Waals surface area contributed by atoms with Crippen molar-refractivity contribution in [3.8, 4) is 5.88 Å². The highest BCUT2D eigenvalue weighted by atomic mass is 16.5. The fourth-order valence-corrected chi connectivity index (χ4v) is 3.13. The van der Waals surface area contributed by atoms with Crippen molar-refractivity contribution in [2.24, 2.45) is 11.1 Å². The lowest BCUT2D eigenvalue weighted by atomic mass is 9.76. The summed E-state index contributed by atoms with van der Waals surface area (Å²) in [5.74, 6) is 0.757. The van der Waals surface area contributed by atoms with E-state index in [9.17, 15) is 0 Å². The summed E-state index contributed by atoms with van der Waals surface area (Å²) in [5, 5.41) is 2.23. The van der Waals surface area contributed by atoms with Gasteiger partial charge in [0, 0.05) is 18.1 Å². The summed E-state index contributed by atoms with van der Waals surface area (Å²) in [7, 11) is 0. The third-order valence-corrected chi connectivity index (χ3v) is 4.63. The van der Waals surface area contributed by atoms with Gasteiger partial charge in [-0.25, -0.2) is 4.98 Å². The zero-order valence-electron chi connectivity index (χ0n) is 12.9. The number of benzene rings is 1. The molecule has 1 heterocycles. The first-order chi connectivity index (χ1) is 10.1. The molecule has 3 rings (SSSR count). The Labute approximate surface area is 126 Å². The van der Waals surface area contributed by atoms with Gasteiger partial charge in [0.05, 0.1) is 0 Å². The molecule has 1 fully saturated rings. The molecule has 2 aromatic rings. The number of nitrogens with two attached hydrogens (primary N) is 1. The van der Waals surface area contributed by atoms with Gasteiger partial charge in [0.2, 0.25) is 5.88 Å². The molecule has 112 valence electrons. The highest BCUT2D eigenvalue weighted by molar-refractivity contribution is 5.89. The zero-order valence-corrected chi connectivity index (χ0v) is 12.9. The Morgan fingerprint density at radius 1 is 1.19 bits per heavy atom. The van der Waals surface area contributed by atoms with Crippen molar-refractivity contribution in [2.75, 3.05) is 0 Å². The van der Waals surface area contributed by atoms with Crippen LogP contribution < -0.4 is 10.5 Å². The topological polar surface area (TPSA) is 48.1 Å². The molecule has 0 atom stereocenters. The molecule has 1 aliphatic carbocycles. The molecular weight excluding hydrogens is 260 g/mol. The molecule has 0 aliphatic heterocycles. The molecular formula is C18H24N2O. The predicted molar refractivity (Wildman–Crippen MR) is 86.3 cm³/mol. The summed E-state index contributed by atoms with van der Waals surface area (Å²) < 4.78 is 6.21. The van der Waals surface area contributed by atoms with Crippen molar-refractivity contribution in [3.63, 3.8) is 0 Å². The van der Waals surface area contributed by atoms with E-state index in [2.05, 4.69) is 31.0 Å². The van der Waals surface area contributed by atoms with E-state index in [0.29, 0.717) is 12.0 Å². The fraction of sp³-hybridized carbons (Fsp3) is 0.500. The molecule has 1 aromatic heterocycles. The Bertz CT molecular complexity index is 626. The van der Waals surface area contributed by atoms with Crippen LogP contribution >= 0.6 is 0 Å². The largest absolute Gasteiger partial charge is 0.474 e. The highest BCUT2D eigenvalue weighted by Gasteiger charge is 2.28. The summed E-state index contributed by atoms with van der Waals surface area (Å²) in [4.78, 5) is 4.51. The predicted octanol–water partition coefficient (Wildman–Crippen LogP) is 4.04. The minimum absolute atomic E-state index is 0.289. The molecule has 2 N–H and O–H groups in total. The van der Waals surface area contributed by atoms with Crippen LogP contribution in [0.1, 0.15) is 45.1 Å². The average Bonchev–Trinajstić information content (AvgIpc) is 2.49. The molecule has 0 bridgehead atoms. The molecule has 1 aromatic carbocycles. The van der Waals surface area contributed by atoms with Crippen LogP contribution in [0.3, 0.4) is 0 Å². The van der Waals surface area contributed by atoms with Crippen LogP contribution in [0.25, 0.3) is 10.8 Å². The third kappa shape index (κ3) is 3.03. The van der Waals surface area contributed by atoms with E-state index < -0.39 is 0 Å². The maximum Gasteiger partial charge on any atom is 0.221 e. The monoisotopic (exact) mass is 284 g/mol. The molecule has 3 heteroatoms. The molecule has 1 aliphatic rings. The van der Waals surface area contributed by atoms with Crippen molar-refractivity contribution in [2.45, 2.75) is 52.2 Å². The van der Waals surface area contributed by atoms with E-state index >= 15 is 0 Å². The Kier molecular flexibility index (Phi) is 3.85. The van der Waals surface area contributed by atoms with Crippen molar-refractivity contribution >= 4 is 10.8 Å². The normalized spacial score (nSPS) is 18.8. The van der Waals surface area contributed by atoms with E-state index in [4.69, 9.17) is 10.5 Å². The summed E-state index contributed by atoms with van der Waals surface area (Å²) in [6.45, 7) is 5.19. The van der Waals surface area contributed by atoms with Crippen LogP contribution in [0.2, 0.25) is 0 Å². The lowest BCUT2D eigenvalue weighted by Crippen LogP contribution is -2.28. The van der Waals surface area contributed by atoms with Crippen LogP contribution in [0.15, 0.2) is 30.5 Å². The number of fused-ring (bicyclic) bond motifs is 1. The van der Waals surface area contributed by atoms with E-state index in [1.54, 1.807) is 0 Å². The second kappa shape index (κ2) is 5.64. The lowest BCUT2D eigenvalue weighted by Gasteiger charge is -2.34. The van der Waals surface area contributed by atoms with Crippen molar-refractivity contribution in [3.05, 3.63) is 36.0 Å². The maximum absolute atomic E-state index is 6.21. The highest BCUT2D eigenvalue weighted by Crippen LogP contribution is 2.37. The Hall–Kier alpha value is -1.61. The number of rotatable bonds is 3. The summed E-state index contributed by atoms with van der Waals surface area (Å²) >= 11 is 0. The molecule has 0 spiro atoms. The Morgan fingerprint density at radius 2 is 1.86 bits per heavy atom. The minimum Gasteiger partial charge on any atom is -0.474 e. The van der Waals surface area contributed by atoms with Crippen molar-refractivity contribution < 1.29 is 4.74 Å². The first-order valence-corrected chi connectivity index (χ1v) is 7.82. The van der Waals surface area contributed by atoms with Crippen molar-refractivity contribution in [1.29, 1.82) is 0 Å².